The fourth-order valence-electron chi connectivity index (χ4n) is 2.95. The van der Waals surface area contributed by atoms with E-state index < -0.39 is 0 Å². The van der Waals surface area contributed by atoms with Crippen molar-refractivity contribution in [3.8, 4) is 5.75 Å². The second-order valence-corrected chi connectivity index (χ2v) is 5.58. The number of hydrogen-bond donors (Lipinski definition) is 1. The van der Waals surface area contributed by atoms with Crippen LogP contribution in [0.3, 0.4) is 0 Å². The van der Waals surface area contributed by atoms with Gasteiger partial charge in [0, 0.05) is 19.2 Å². The Labute approximate surface area is 126 Å². The summed E-state index contributed by atoms with van der Waals surface area (Å²) in [5.74, 6) is 0.415. The molecule has 1 aromatic rings. The van der Waals surface area contributed by atoms with Gasteiger partial charge in [-0.3, -0.25) is 4.79 Å². The van der Waals surface area contributed by atoms with E-state index in [1.807, 2.05) is 24.0 Å². The number of likely N-dealkylation sites (tertiary alicyclic amines) is 1. The highest BCUT2D eigenvalue weighted by atomic mass is 16.5. The van der Waals surface area contributed by atoms with Crippen LogP contribution >= 0.6 is 0 Å². The lowest BCUT2D eigenvalue weighted by Crippen LogP contribution is -2.45. The van der Waals surface area contributed by atoms with Crippen molar-refractivity contribution >= 4 is 5.91 Å². The number of nitrogens with zero attached hydrogens (tertiary/aromatic N) is 1. The topological polar surface area (TPSA) is 49.8 Å². The van der Waals surface area contributed by atoms with Crippen molar-refractivity contribution < 1.29 is 14.6 Å². The Morgan fingerprint density at radius 3 is 3.05 bits per heavy atom. The van der Waals surface area contributed by atoms with Crippen molar-refractivity contribution in [2.45, 2.75) is 45.1 Å². The second kappa shape index (κ2) is 8.03. The number of hydrogen-bond acceptors (Lipinski definition) is 3. The molecule has 0 bridgehead atoms. The van der Waals surface area contributed by atoms with Gasteiger partial charge < -0.3 is 14.7 Å². The van der Waals surface area contributed by atoms with Gasteiger partial charge in [0.15, 0.2) is 0 Å². The smallest absolute Gasteiger partial charge is 0.248 e. The summed E-state index contributed by atoms with van der Waals surface area (Å²) in [5, 5.41) is 9.51. The molecule has 4 nitrogen and oxygen atoms in total. The molecule has 1 fully saturated rings. The molecule has 0 radical (unpaired) electrons. The number of aromatic hydroxyl groups is 1. The third-order valence-electron chi connectivity index (χ3n) is 4.05. The van der Waals surface area contributed by atoms with Crippen molar-refractivity contribution in [1.29, 1.82) is 0 Å². The van der Waals surface area contributed by atoms with E-state index in [4.69, 9.17) is 4.74 Å². The number of aryl methyl sites for hydroxylation is 1. The van der Waals surface area contributed by atoms with Crippen LogP contribution in [0.2, 0.25) is 0 Å². The first-order valence-corrected chi connectivity index (χ1v) is 7.86. The first kappa shape index (κ1) is 15.8. The van der Waals surface area contributed by atoms with E-state index >= 15 is 0 Å². The Balaban J connectivity index is 1.91. The molecular weight excluding hydrogens is 266 g/mol. The number of ether oxygens (including phenoxy) is 1. The molecule has 1 aliphatic heterocycles. The minimum absolute atomic E-state index is 0.109. The Morgan fingerprint density at radius 1 is 1.43 bits per heavy atom. The number of phenolic OH excluding ortho intramolecular Hbond substituents is 1. The van der Waals surface area contributed by atoms with Gasteiger partial charge in [-0.2, -0.15) is 0 Å². The SMILES string of the molecule is CCOCC(=O)N1CCCCC1CCc1cccc(O)c1. The standard InChI is InChI=1S/C17H25NO3/c1-2-21-13-17(20)18-11-4-3-7-15(18)10-9-14-6-5-8-16(19)12-14/h5-6,8,12,15,19H,2-4,7,9-11,13H2,1H3. The minimum atomic E-state index is 0.109. The normalized spacial score (nSPS) is 18.7. The summed E-state index contributed by atoms with van der Waals surface area (Å²) in [5.41, 5.74) is 1.12. The van der Waals surface area contributed by atoms with Crippen molar-refractivity contribution in [3.63, 3.8) is 0 Å². The van der Waals surface area contributed by atoms with E-state index in [0.29, 0.717) is 18.4 Å². The van der Waals surface area contributed by atoms with Crippen LogP contribution in [-0.2, 0) is 16.0 Å². The maximum atomic E-state index is 12.2. The fourth-order valence-corrected chi connectivity index (χ4v) is 2.95. The Bertz CT molecular complexity index is 461. The highest BCUT2D eigenvalue weighted by Gasteiger charge is 2.26. The average molecular weight is 291 g/mol. The largest absolute Gasteiger partial charge is 0.508 e. The van der Waals surface area contributed by atoms with E-state index in [1.54, 1.807) is 12.1 Å². The maximum Gasteiger partial charge on any atom is 0.248 e. The van der Waals surface area contributed by atoms with Crippen LogP contribution in [0.25, 0.3) is 0 Å². The molecule has 0 spiro atoms. The molecule has 0 saturated carbocycles. The lowest BCUT2D eigenvalue weighted by Gasteiger charge is -2.36. The highest BCUT2D eigenvalue weighted by Crippen LogP contribution is 2.22. The monoisotopic (exact) mass is 291 g/mol. The van der Waals surface area contributed by atoms with Gasteiger partial charge in [0.2, 0.25) is 5.91 Å². The number of piperidine rings is 1. The number of rotatable bonds is 6. The zero-order valence-electron chi connectivity index (χ0n) is 12.8. The van der Waals surface area contributed by atoms with Gasteiger partial charge in [0.1, 0.15) is 12.4 Å². The molecule has 1 unspecified atom stereocenters. The van der Waals surface area contributed by atoms with Crippen LogP contribution in [0.1, 0.15) is 38.2 Å². The number of carbonyl (C=O) groups is 1. The minimum Gasteiger partial charge on any atom is -0.508 e. The number of carbonyl (C=O) groups excluding carboxylic acids is 1. The van der Waals surface area contributed by atoms with E-state index in [0.717, 1.165) is 37.8 Å². The lowest BCUT2D eigenvalue weighted by atomic mass is 9.95. The van der Waals surface area contributed by atoms with E-state index in [9.17, 15) is 9.90 Å². The van der Waals surface area contributed by atoms with Crippen molar-refractivity contribution in [3.05, 3.63) is 29.8 Å². The van der Waals surface area contributed by atoms with Gasteiger partial charge >= 0.3 is 0 Å². The summed E-state index contributed by atoms with van der Waals surface area (Å²) in [6, 6.07) is 7.67. The molecule has 1 N–H and O–H groups in total. The number of benzene rings is 1. The third-order valence-corrected chi connectivity index (χ3v) is 4.05. The second-order valence-electron chi connectivity index (χ2n) is 5.58. The zero-order chi connectivity index (χ0) is 15.1. The van der Waals surface area contributed by atoms with E-state index in [-0.39, 0.29) is 12.5 Å². The quantitative estimate of drug-likeness (QED) is 0.876. The van der Waals surface area contributed by atoms with E-state index in [2.05, 4.69) is 0 Å². The predicted molar refractivity (Wildman–Crippen MR) is 82.3 cm³/mol. The molecular formula is C17H25NO3. The molecule has 0 aliphatic carbocycles. The molecule has 1 amide bonds. The molecule has 116 valence electrons. The first-order valence-electron chi connectivity index (χ1n) is 7.86. The first-order chi connectivity index (χ1) is 10.2. The Kier molecular flexibility index (Phi) is 6.05. The zero-order valence-corrected chi connectivity index (χ0v) is 12.8. The predicted octanol–water partition coefficient (Wildman–Crippen LogP) is 2.74. The third kappa shape index (κ3) is 4.74. The molecule has 1 aromatic carbocycles. The van der Waals surface area contributed by atoms with Gasteiger partial charge in [-0.15, -0.1) is 0 Å². The molecule has 2 rings (SSSR count). The van der Waals surface area contributed by atoms with Gasteiger partial charge in [0.05, 0.1) is 0 Å². The maximum absolute atomic E-state index is 12.2. The molecule has 1 heterocycles. The summed E-state index contributed by atoms with van der Waals surface area (Å²) >= 11 is 0. The summed E-state index contributed by atoms with van der Waals surface area (Å²) < 4.78 is 5.25. The van der Waals surface area contributed by atoms with E-state index in [1.165, 1.54) is 6.42 Å². The highest BCUT2D eigenvalue weighted by molar-refractivity contribution is 5.77. The molecule has 0 aromatic heterocycles. The number of amides is 1. The van der Waals surface area contributed by atoms with Gasteiger partial charge in [-0.05, 0) is 56.7 Å². The summed E-state index contributed by atoms with van der Waals surface area (Å²) in [6.45, 7) is 3.52. The van der Waals surface area contributed by atoms with Gasteiger partial charge in [-0.1, -0.05) is 12.1 Å². The van der Waals surface area contributed by atoms with Crippen LogP contribution in [0.15, 0.2) is 24.3 Å². The molecule has 21 heavy (non-hydrogen) atoms. The number of phenols is 1. The molecule has 1 aliphatic rings. The van der Waals surface area contributed by atoms with Gasteiger partial charge in [-0.25, -0.2) is 0 Å². The van der Waals surface area contributed by atoms with Crippen LogP contribution < -0.4 is 0 Å². The van der Waals surface area contributed by atoms with Crippen LogP contribution in [0.5, 0.6) is 5.75 Å². The summed E-state index contributed by atoms with van der Waals surface area (Å²) in [7, 11) is 0. The fraction of sp³-hybridized carbons (Fsp3) is 0.588. The van der Waals surface area contributed by atoms with Crippen LogP contribution in [-0.4, -0.2) is 41.7 Å². The summed E-state index contributed by atoms with van der Waals surface area (Å²) in [6.07, 6.45) is 5.17. The summed E-state index contributed by atoms with van der Waals surface area (Å²) in [4.78, 5) is 14.2. The van der Waals surface area contributed by atoms with Crippen LogP contribution in [0.4, 0.5) is 0 Å². The molecule has 4 heteroatoms. The van der Waals surface area contributed by atoms with Crippen molar-refractivity contribution in [2.75, 3.05) is 19.8 Å². The Hall–Kier alpha value is -1.55. The molecule has 1 saturated heterocycles. The average Bonchev–Trinajstić information content (AvgIpc) is 2.51. The van der Waals surface area contributed by atoms with Crippen molar-refractivity contribution in [1.82, 2.24) is 4.90 Å². The Morgan fingerprint density at radius 2 is 2.29 bits per heavy atom. The van der Waals surface area contributed by atoms with Gasteiger partial charge in [0.25, 0.3) is 0 Å². The van der Waals surface area contributed by atoms with Crippen molar-refractivity contribution in [2.24, 2.45) is 0 Å². The lowest BCUT2D eigenvalue weighted by molar-refractivity contribution is -0.139. The van der Waals surface area contributed by atoms with Crippen LogP contribution in [0, 0.1) is 0 Å². The molecule has 1 atom stereocenters.